The Labute approximate surface area is 159 Å². The van der Waals surface area contributed by atoms with E-state index in [1.54, 1.807) is 20.8 Å². The number of carboxylic acid groups (broad SMARTS) is 1. The first-order valence-electron chi connectivity index (χ1n) is 9.20. The molecule has 0 saturated carbocycles. The molecule has 0 unspecified atom stereocenters. The maximum atomic E-state index is 12.7. The van der Waals surface area contributed by atoms with Crippen LogP contribution in [0.2, 0.25) is 0 Å². The molecule has 154 valence electrons. The summed E-state index contributed by atoms with van der Waals surface area (Å²) in [5.74, 6) is -2.04. The molecule has 0 aliphatic carbocycles. The zero-order chi connectivity index (χ0) is 20.8. The molecule has 1 heterocycles. The molecule has 0 aromatic carbocycles. The summed E-state index contributed by atoms with van der Waals surface area (Å²) < 4.78 is 5.35. The molecule has 2 atom stereocenters. The fourth-order valence-electron chi connectivity index (χ4n) is 2.84. The molecule has 27 heavy (non-hydrogen) atoms. The molecule has 3 amide bonds. The average molecular weight is 385 g/mol. The molecule has 0 aromatic heterocycles. The van der Waals surface area contributed by atoms with Crippen LogP contribution in [-0.4, -0.2) is 64.7 Å². The molecule has 1 saturated heterocycles. The number of ether oxygens (including phenoxy) is 1. The highest BCUT2D eigenvalue weighted by atomic mass is 16.6. The Kier molecular flexibility index (Phi) is 8.05. The Hall–Kier alpha value is -2.32. The van der Waals surface area contributed by atoms with Crippen LogP contribution in [0.15, 0.2) is 0 Å². The summed E-state index contributed by atoms with van der Waals surface area (Å²) in [5.41, 5.74) is -0.669. The van der Waals surface area contributed by atoms with Gasteiger partial charge in [0.15, 0.2) is 0 Å². The Morgan fingerprint density at radius 3 is 2.37 bits per heavy atom. The highest BCUT2D eigenvalue weighted by Gasteiger charge is 2.38. The summed E-state index contributed by atoms with van der Waals surface area (Å²) in [6, 6.07) is -1.57. The number of aliphatic carboxylic acids is 1. The first kappa shape index (κ1) is 22.7. The van der Waals surface area contributed by atoms with Gasteiger partial charge in [0.05, 0.1) is 0 Å². The van der Waals surface area contributed by atoms with E-state index in [0.29, 0.717) is 25.8 Å². The molecule has 1 fully saturated rings. The zero-order valence-electron chi connectivity index (χ0n) is 16.7. The molecular weight excluding hydrogens is 354 g/mol. The summed E-state index contributed by atoms with van der Waals surface area (Å²) in [6.45, 7) is 8.94. The number of amides is 3. The summed E-state index contributed by atoms with van der Waals surface area (Å²) >= 11 is 0. The van der Waals surface area contributed by atoms with Gasteiger partial charge in [0.1, 0.15) is 24.2 Å². The van der Waals surface area contributed by atoms with Crippen molar-refractivity contribution in [1.82, 2.24) is 15.5 Å². The fourth-order valence-corrected chi connectivity index (χ4v) is 2.84. The lowest BCUT2D eigenvalue weighted by Crippen LogP contribution is -2.54. The number of nitrogens with one attached hydrogen (secondary N) is 2. The van der Waals surface area contributed by atoms with E-state index in [2.05, 4.69) is 10.6 Å². The summed E-state index contributed by atoms with van der Waals surface area (Å²) in [4.78, 5) is 49.3. The van der Waals surface area contributed by atoms with Crippen LogP contribution in [0.4, 0.5) is 4.79 Å². The van der Waals surface area contributed by atoms with E-state index in [9.17, 15) is 19.2 Å². The number of nitrogens with zero attached hydrogens (tertiary/aromatic N) is 1. The largest absolute Gasteiger partial charge is 0.480 e. The number of carboxylic acids is 1. The summed E-state index contributed by atoms with van der Waals surface area (Å²) in [5, 5.41) is 13.7. The van der Waals surface area contributed by atoms with Crippen molar-refractivity contribution in [3.8, 4) is 0 Å². The number of likely N-dealkylation sites (tertiary alicyclic amines) is 1. The van der Waals surface area contributed by atoms with Crippen LogP contribution in [0.25, 0.3) is 0 Å². The van der Waals surface area contributed by atoms with E-state index in [1.807, 2.05) is 13.8 Å². The molecule has 0 radical (unpaired) electrons. The topological polar surface area (TPSA) is 125 Å². The van der Waals surface area contributed by atoms with Gasteiger partial charge in [-0.1, -0.05) is 13.8 Å². The molecule has 1 rings (SSSR count). The van der Waals surface area contributed by atoms with Crippen LogP contribution in [0.1, 0.15) is 53.9 Å². The van der Waals surface area contributed by atoms with E-state index in [-0.39, 0.29) is 5.92 Å². The molecule has 1 aliphatic heterocycles. The van der Waals surface area contributed by atoms with Crippen molar-refractivity contribution in [2.75, 3.05) is 13.1 Å². The summed E-state index contributed by atoms with van der Waals surface area (Å²) in [6.07, 6.45) is 0.945. The van der Waals surface area contributed by atoms with Crippen molar-refractivity contribution in [3.63, 3.8) is 0 Å². The number of hydrogen-bond acceptors (Lipinski definition) is 5. The Bertz CT molecular complexity index is 570. The second-order valence-electron chi connectivity index (χ2n) is 8.13. The zero-order valence-corrected chi connectivity index (χ0v) is 16.7. The quantitative estimate of drug-likeness (QED) is 0.603. The second kappa shape index (κ2) is 9.57. The Morgan fingerprint density at radius 2 is 1.85 bits per heavy atom. The molecule has 3 N–H and O–H groups in total. The van der Waals surface area contributed by atoms with Gasteiger partial charge < -0.3 is 20.5 Å². The van der Waals surface area contributed by atoms with Crippen LogP contribution in [0, 0.1) is 5.92 Å². The normalized spacial score (nSPS) is 18.1. The van der Waals surface area contributed by atoms with Crippen molar-refractivity contribution in [1.29, 1.82) is 0 Å². The second-order valence-corrected chi connectivity index (χ2v) is 8.13. The van der Waals surface area contributed by atoms with Crippen molar-refractivity contribution < 1.29 is 29.0 Å². The van der Waals surface area contributed by atoms with Crippen LogP contribution >= 0.6 is 0 Å². The average Bonchev–Trinajstić information content (AvgIpc) is 2.99. The Balaban J connectivity index is 2.79. The molecule has 0 bridgehead atoms. The van der Waals surface area contributed by atoms with Crippen molar-refractivity contribution in [2.45, 2.75) is 71.6 Å². The Morgan fingerprint density at radius 1 is 1.22 bits per heavy atom. The minimum Gasteiger partial charge on any atom is -0.480 e. The lowest BCUT2D eigenvalue weighted by Gasteiger charge is -2.29. The fraction of sp³-hybridized carbons (Fsp3) is 0.778. The van der Waals surface area contributed by atoms with Gasteiger partial charge >= 0.3 is 12.1 Å². The third kappa shape index (κ3) is 7.84. The van der Waals surface area contributed by atoms with Crippen LogP contribution in [0.3, 0.4) is 0 Å². The molecular formula is C18H31N3O6. The predicted octanol–water partition coefficient (Wildman–Crippen LogP) is 1.12. The monoisotopic (exact) mass is 385 g/mol. The van der Waals surface area contributed by atoms with Crippen LogP contribution in [0.5, 0.6) is 0 Å². The molecule has 0 spiro atoms. The molecule has 0 aromatic rings. The van der Waals surface area contributed by atoms with Gasteiger partial charge in [-0.15, -0.1) is 0 Å². The number of carbonyl (C=O) groups is 4. The standard InChI is InChI=1S/C18H31N3O6/c1-11(2)9-12(15(24)19-10-14(22)23)20-16(25)13-7-6-8-21(13)17(26)27-18(3,4)5/h11-13H,6-10H2,1-5H3,(H,19,24)(H,20,25)(H,22,23)/t12-,13+/m1/s1. The first-order chi connectivity index (χ1) is 12.4. The van der Waals surface area contributed by atoms with Crippen molar-refractivity contribution in [2.24, 2.45) is 5.92 Å². The number of hydrogen-bond donors (Lipinski definition) is 3. The van der Waals surface area contributed by atoms with Gasteiger partial charge in [0.25, 0.3) is 0 Å². The third-order valence-electron chi connectivity index (χ3n) is 3.94. The van der Waals surface area contributed by atoms with E-state index in [4.69, 9.17) is 9.84 Å². The lowest BCUT2D eigenvalue weighted by atomic mass is 10.0. The van der Waals surface area contributed by atoms with Gasteiger partial charge in [-0.3, -0.25) is 19.3 Å². The van der Waals surface area contributed by atoms with Gasteiger partial charge in [-0.25, -0.2) is 4.79 Å². The highest BCUT2D eigenvalue weighted by molar-refractivity contribution is 5.92. The van der Waals surface area contributed by atoms with E-state index in [0.717, 1.165) is 0 Å². The number of carbonyl (C=O) groups excluding carboxylic acids is 3. The van der Waals surface area contributed by atoms with Gasteiger partial charge in [-0.2, -0.15) is 0 Å². The number of rotatable bonds is 7. The molecule has 9 nitrogen and oxygen atoms in total. The maximum Gasteiger partial charge on any atom is 0.410 e. The van der Waals surface area contributed by atoms with E-state index >= 15 is 0 Å². The molecule has 9 heteroatoms. The smallest absolute Gasteiger partial charge is 0.410 e. The van der Waals surface area contributed by atoms with Gasteiger partial charge in [-0.05, 0) is 46.0 Å². The molecule has 1 aliphatic rings. The lowest BCUT2D eigenvalue weighted by molar-refractivity contribution is -0.138. The first-order valence-corrected chi connectivity index (χ1v) is 9.20. The summed E-state index contributed by atoms with van der Waals surface area (Å²) in [7, 11) is 0. The van der Waals surface area contributed by atoms with Crippen LogP contribution in [-0.2, 0) is 19.1 Å². The van der Waals surface area contributed by atoms with Crippen LogP contribution < -0.4 is 10.6 Å². The maximum absolute atomic E-state index is 12.7. The van der Waals surface area contributed by atoms with E-state index < -0.39 is 48.1 Å². The van der Waals surface area contributed by atoms with Gasteiger partial charge in [0, 0.05) is 6.54 Å². The minimum absolute atomic E-state index is 0.108. The van der Waals surface area contributed by atoms with Crippen molar-refractivity contribution in [3.05, 3.63) is 0 Å². The predicted molar refractivity (Wildman–Crippen MR) is 98.0 cm³/mol. The SMILES string of the molecule is CC(C)C[C@@H](NC(=O)[C@@H]1CCCN1C(=O)OC(C)(C)C)C(=O)NCC(=O)O. The third-order valence-corrected chi connectivity index (χ3v) is 3.94. The minimum atomic E-state index is -1.16. The van der Waals surface area contributed by atoms with Crippen molar-refractivity contribution >= 4 is 23.9 Å². The van der Waals surface area contributed by atoms with Gasteiger partial charge in [0.2, 0.25) is 11.8 Å². The highest BCUT2D eigenvalue weighted by Crippen LogP contribution is 2.21. The van der Waals surface area contributed by atoms with E-state index in [1.165, 1.54) is 4.90 Å².